The molecule has 0 saturated carbocycles. The van der Waals surface area contributed by atoms with Crippen LogP contribution in [0.25, 0.3) is 0 Å². The van der Waals surface area contributed by atoms with Crippen molar-refractivity contribution in [1.29, 1.82) is 0 Å². The molecule has 0 aromatic heterocycles. The van der Waals surface area contributed by atoms with Crippen molar-refractivity contribution in [1.82, 2.24) is 10.2 Å². The van der Waals surface area contributed by atoms with E-state index in [1.165, 1.54) is 36.4 Å². The maximum atomic E-state index is 12.1. The third-order valence-corrected chi connectivity index (χ3v) is 4.16. The van der Waals surface area contributed by atoms with E-state index in [4.69, 9.17) is 4.74 Å². The molecule has 3 rings (SSSR count). The molecule has 1 aliphatic rings. The minimum atomic E-state index is -2.95. The van der Waals surface area contributed by atoms with E-state index in [0.29, 0.717) is 11.3 Å². The monoisotopic (exact) mass is 433 g/mol. The lowest BCUT2D eigenvalue weighted by molar-refractivity contribution is -0.125. The number of amides is 4. The third kappa shape index (κ3) is 5.98. The normalized spacial score (nSPS) is 13.2. The number of benzene rings is 2. The fraction of sp³-hybridized carbons (Fsp3) is 0.200. The van der Waals surface area contributed by atoms with Gasteiger partial charge in [-0.3, -0.25) is 14.5 Å². The first-order valence-electron chi connectivity index (χ1n) is 9.01. The van der Waals surface area contributed by atoms with Crippen molar-refractivity contribution in [2.75, 3.05) is 18.5 Å². The van der Waals surface area contributed by atoms with Crippen LogP contribution in [0.3, 0.4) is 0 Å². The summed E-state index contributed by atoms with van der Waals surface area (Å²) in [5, 5.41) is 4.87. The minimum absolute atomic E-state index is 0.0427. The highest BCUT2D eigenvalue weighted by Gasteiger charge is 2.28. The van der Waals surface area contributed by atoms with Crippen molar-refractivity contribution >= 4 is 29.5 Å². The van der Waals surface area contributed by atoms with Gasteiger partial charge in [0.15, 0.2) is 6.61 Å². The van der Waals surface area contributed by atoms with Crippen molar-refractivity contribution in [2.24, 2.45) is 0 Å². The molecule has 0 atom stereocenters. The first-order valence-corrected chi connectivity index (χ1v) is 9.01. The summed E-state index contributed by atoms with van der Waals surface area (Å²) in [5.41, 5.74) is 1.13. The third-order valence-electron chi connectivity index (χ3n) is 4.16. The fourth-order valence-electron chi connectivity index (χ4n) is 2.68. The lowest BCUT2D eigenvalue weighted by atomic mass is 10.1. The SMILES string of the molecule is O=C(COC(=O)c1ccc(CN2C(=O)CNC2=O)cc1)Nc1ccc(OC(F)F)cc1. The molecule has 1 heterocycles. The highest BCUT2D eigenvalue weighted by Crippen LogP contribution is 2.17. The Morgan fingerprint density at radius 2 is 1.74 bits per heavy atom. The molecule has 0 radical (unpaired) electrons. The van der Waals surface area contributed by atoms with E-state index in [1.807, 2.05) is 0 Å². The number of alkyl halides is 2. The van der Waals surface area contributed by atoms with Crippen molar-refractivity contribution in [3.05, 3.63) is 59.7 Å². The van der Waals surface area contributed by atoms with Crippen LogP contribution >= 0.6 is 0 Å². The van der Waals surface area contributed by atoms with E-state index in [-0.39, 0.29) is 30.3 Å². The molecule has 1 aliphatic heterocycles. The van der Waals surface area contributed by atoms with Crippen LogP contribution in [0.1, 0.15) is 15.9 Å². The molecule has 162 valence electrons. The summed E-state index contributed by atoms with van der Waals surface area (Å²) in [5.74, 6) is -1.75. The van der Waals surface area contributed by atoms with E-state index < -0.39 is 31.1 Å². The van der Waals surface area contributed by atoms with Crippen LogP contribution in [0, 0.1) is 0 Å². The van der Waals surface area contributed by atoms with Crippen molar-refractivity contribution in [3.8, 4) is 5.75 Å². The number of nitrogens with one attached hydrogen (secondary N) is 2. The molecule has 31 heavy (non-hydrogen) atoms. The van der Waals surface area contributed by atoms with Crippen LogP contribution in [0.15, 0.2) is 48.5 Å². The molecule has 0 spiro atoms. The molecule has 1 fully saturated rings. The van der Waals surface area contributed by atoms with Crippen LogP contribution in [-0.4, -0.2) is 48.5 Å². The zero-order valence-electron chi connectivity index (χ0n) is 16.0. The lowest BCUT2D eigenvalue weighted by Gasteiger charge is -2.12. The largest absolute Gasteiger partial charge is 0.452 e. The molecule has 11 heteroatoms. The number of anilines is 1. The fourth-order valence-corrected chi connectivity index (χ4v) is 2.68. The first-order chi connectivity index (χ1) is 14.8. The molecule has 0 bridgehead atoms. The second kappa shape index (κ2) is 9.65. The summed E-state index contributed by atoms with van der Waals surface area (Å²) in [7, 11) is 0. The van der Waals surface area contributed by atoms with Gasteiger partial charge in [-0.15, -0.1) is 0 Å². The maximum absolute atomic E-state index is 12.1. The number of hydrogen-bond acceptors (Lipinski definition) is 6. The van der Waals surface area contributed by atoms with Gasteiger partial charge in [-0.25, -0.2) is 9.59 Å². The molecule has 0 unspecified atom stereocenters. The Kier molecular flexibility index (Phi) is 6.75. The van der Waals surface area contributed by atoms with Gasteiger partial charge in [0.05, 0.1) is 18.7 Å². The Morgan fingerprint density at radius 3 is 2.32 bits per heavy atom. The van der Waals surface area contributed by atoms with Crippen LogP contribution in [0.2, 0.25) is 0 Å². The Balaban J connectivity index is 1.47. The highest BCUT2D eigenvalue weighted by molar-refractivity contribution is 6.01. The maximum Gasteiger partial charge on any atom is 0.387 e. The molecule has 4 amide bonds. The average molecular weight is 433 g/mol. The number of urea groups is 1. The second-order valence-electron chi connectivity index (χ2n) is 6.36. The standard InChI is InChI=1S/C20H17F2N3O6/c21-19(22)31-15-7-5-14(6-8-15)24-16(26)11-30-18(28)13-3-1-12(2-4-13)10-25-17(27)9-23-20(25)29/h1-8,19H,9-11H2,(H,23,29)(H,24,26). The van der Waals surface area contributed by atoms with Gasteiger partial charge in [0, 0.05) is 5.69 Å². The van der Waals surface area contributed by atoms with E-state index in [2.05, 4.69) is 15.4 Å². The predicted octanol–water partition coefficient (Wildman–Crippen LogP) is 2.14. The number of nitrogens with zero attached hydrogens (tertiary/aromatic N) is 1. The molecule has 2 N–H and O–H groups in total. The number of rotatable bonds is 8. The predicted molar refractivity (Wildman–Crippen MR) is 102 cm³/mol. The molecule has 0 aliphatic carbocycles. The topological polar surface area (TPSA) is 114 Å². The Morgan fingerprint density at radius 1 is 1.06 bits per heavy atom. The summed E-state index contributed by atoms with van der Waals surface area (Å²) in [4.78, 5) is 48.2. The van der Waals surface area contributed by atoms with Crippen LogP contribution < -0.4 is 15.4 Å². The molecule has 2 aromatic carbocycles. The number of hydrogen-bond donors (Lipinski definition) is 2. The smallest absolute Gasteiger partial charge is 0.387 e. The quantitative estimate of drug-likeness (QED) is 0.487. The van der Waals surface area contributed by atoms with Crippen LogP contribution in [0.4, 0.5) is 19.3 Å². The Bertz CT molecular complexity index is 963. The van der Waals surface area contributed by atoms with E-state index in [1.54, 1.807) is 12.1 Å². The van der Waals surface area contributed by atoms with Gasteiger partial charge in [0.25, 0.3) is 5.91 Å². The van der Waals surface area contributed by atoms with Crippen LogP contribution in [0.5, 0.6) is 5.75 Å². The van der Waals surface area contributed by atoms with Gasteiger partial charge in [-0.05, 0) is 42.0 Å². The van der Waals surface area contributed by atoms with Gasteiger partial charge in [-0.2, -0.15) is 8.78 Å². The number of carbonyl (C=O) groups is 4. The Hall–Kier alpha value is -4.02. The average Bonchev–Trinajstić information content (AvgIpc) is 3.05. The molecule has 9 nitrogen and oxygen atoms in total. The number of imide groups is 1. The summed E-state index contributed by atoms with van der Waals surface area (Å²) in [6.45, 7) is -3.48. The lowest BCUT2D eigenvalue weighted by Crippen LogP contribution is -2.30. The van der Waals surface area contributed by atoms with E-state index in [0.717, 1.165) is 4.90 Å². The summed E-state index contributed by atoms with van der Waals surface area (Å²) >= 11 is 0. The van der Waals surface area contributed by atoms with Gasteiger partial charge >= 0.3 is 18.6 Å². The summed E-state index contributed by atoms with van der Waals surface area (Å²) < 4.78 is 33.4. The number of esters is 1. The Labute approximate surface area is 174 Å². The summed E-state index contributed by atoms with van der Waals surface area (Å²) in [6.07, 6.45) is 0. The van der Waals surface area contributed by atoms with Gasteiger partial charge in [0.1, 0.15) is 5.75 Å². The van der Waals surface area contributed by atoms with Crippen molar-refractivity contribution < 1.29 is 37.4 Å². The summed E-state index contributed by atoms with van der Waals surface area (Å²) in [6, 6.07) is 10.8. The molecular formula is C20H17F2N3O6. The van der Waals surface area contributed by atoms with Crippen molar-refractivity contribution in [2.45, 2.75) is 13.2 Å². The van der Waals surface area contributed by atoms with Gasteiger partial charge in [0.2, 0.25) is 5.91 Å². The number of carbonyl (C=O) groups excluding carboxylic acids is 4. The first kappa shape index (κ1) is 21.7. The van der Waals surface area contributed by atoms with Crippen molar-refractivity contribution in [3.63, 3.8) is 0 Å². The van der Waals surface area contributed by atoms with Gasteiger partial charge in [-0.1, -0.05) is 12.1 Å². The molecule has 1 saturated heterocycles. The number of halogens is 2. The van der Waals surface area contributed by atoms with Gasteiger partial charge < -0.3 is 20.1 Å². The zero-order chi connectivity index (χ0) is 22.4. The zero-order valence-corrected chi connectivity index (χ0v) is 16.0. The second-order valence-corrected chi connectivity index (χ2v) is 6.36. The molecular weight excluding hydrogens is 416 g/mol. The molecule has 2 aromatic rings. The van der Waals surface area contributed by atoms with E-state index >= 15 is 0 Å². The number of ether oxygens (including phenoxy) is 2. The van der Waals surface area contributed by atoms with E-state index in [9.17, 15) is 28.0 Å². The van der Waals surface area contributed by atoms with Crippen LogP contribution in [-0.2, 0) is 20.9 Å². The minimum Gasteiger partial charge on any atom is -0.452 e. The highest BCUT2D eigenvalue weighted by atomic mass is 19.3.